The summed E-state index contributed by atoms with van der Waals surface area (Å²) >= 11 is 0. The topological polar surface area (TPSA) is 68.6 Å². The minimum atomic E-state index is -4.69. The van der Waals surface area contributed by atoms with E-state index in [4.69, 9.17) is 5.73 Å². The summed E-state index contributed by atoms with van der Waals surface area (Å²) in [6.45, 7) is 2.07. The predicted molar refractivity (Wildman–Crippen MR) is 138 cm³/mol. The Kier molecular flexibility index (Phi) is 5.29. The highest BCUT2D eigenvalue weighted by Crippen LogP contribution is 2.48. The normalized spacial score (nSPS) is 13.6. The van der Waals surface area contributed by atoms with Crippen LogP contribution in [0.1, 0.15) is 33.0 Å². The molecule has 0 bridgehead atoms. The lowest BCUT2D eigenvalue weighted by Crippen LogP contribution is -2.24. The van der Waals surface area contributed by atoms with Gasteiger partial charge >= 0.3 is 6.18 Å². The van der Waals surface area contributed by atoms with Crippen LogP contribution < -0.4 is 10.6 Å². The van der Waals surface area contributed by atoms with Gasteiger partial charge in [0.25, 0.3) is 0 Å². The molecule has 0 spiro atoms. The fourth-order valence-electron chi connectivity index (χ4n) is 5.46. The maximum atomic E-state index is 14.6. The van der Waals surface area contributed by atoms with Gasteiger partial charge in [0.05, 0.1) is 28.0 Å². The largest absolute Gasteiger partial charge is 0.417 e. The number of carbonyl (C=O) groups is 1. The van der Waals surface area contributed by atoms with Crippen LogP contribution in [0.3, 0.4) is 0 Å². The SMILES string of the molecule is Cc1nc2c3c(c(C(F)(F)F)cc2n1C)-c1cccn2c(C(=O)c4cc(F)c(N)c(F)c4)cc(c12)CCN3C. The maximum Gasteiger partial charge on any atom is 0.417 e. The zero-order valence-electron chi connectivity index (χ0n) is 21.1. The monoisotopic (exact) mass is 539 g/mol. The molecule has 1 aliphatic heterocycles. The molecular weight excluding hydrogens is 517 g/mol. The van der Waals surface area contributed by atoms with Crippen LogP contribution in [0.25, 0.3) is 27.7 Å². The molecule has 4 heterocycles. The number of hydrogen-bond donors (Lipinski definition) is 1. The summed E-state index contributed by atoms with van der Waals surface area (Å²) in [5, 5.41) is 0. The average Bonchev–Trinajstić information content (AvgIpc) is 3.39. The summed E-state index contributed by atoms with van der Waals surface area (Å²) in [5.41, 5.74) is 6.09. The summed E-state index contributed by atoms with van der Waals surface area (Å²) in [6, 6.07) is 7.53. The Morgan fingerprint density at radius 1 is 1.08 bits per heavy atom. The van der Waals surface area contributed by atoms with Crippen LogP contribution >= 0.6 is 0 Å². The molecule has 0 saturated heterocycles. The number of alkyl halides is 3. The highest BCUT2D eigenvalue weighted by atomic mass is 19.4. The van der Waals surface area contributed by atoms with E-state index in [-0.39, 0.29) is 22.4 Å². The van der Waals surface area contributed by atoms with Crippen LogP contribution in [0.2, 0.25) is 0 Å². The summed E-state index contributed by atoms with van der Waals surface area (Å²) in [7, 11) is 3.39. The number of aryl methyl sites for hydroxylation is 2. The predicted octanol–water partition coefficient (Wildman–Crippen LogP) is 5.90. The first kappa shape index (κ1) is 24.9. The smallest absolute Gasteiger partial charge is 0.394 e. The number of halogens is 5. The number of nitrogen functional groups attached to an aromatic ring is 1. The second kappa shape index (κ2) is 8.29. The molecule has 0 unspecified atom stereocenters. The van der Waals surface area contributed by atoms with E-state index >= 15 is 0 Å². The molecule has 2 aromatic carbocycles. The Hall–Kier alpha value is -4.41. The zero-order chi connectivity index (χ0) is 28.0. The van der Waals surface area contributed by atoms with Crippen molar-refractivity contribution in [1.29, 1.82) is 0 Å². The number of benzene rings is 2. The number of imidazole rings is 1. The molecule has 0 atom stereocenters. The molecule has 0 fully saturated rings. The third-order valence-electron chi connectivity index (χ3n) is 7.49. The molecule has 0 saturated carbocycles. The van der Waals surface area contributed by atoms with Crippen molar-refractivity contribution in [2.24, 2.45) is 7.05 Å². The van der Waals surface area contributed by atoms with Crippen molar-refractivity contribution >= 4 is 33.7 Å². The van der Waals surface area contributed by atoms with Crippen molar-refractivity contribution in [2.45, 2.75) is 19.5 Å². The number of likely N-dealkylation sites (N-methyl/N-ethyl adjacent to an activating group) is 1. The van der Waals surface area contributed by atoms with Gasteiger partial charge in [-0.05, 0) is 49.2 Å². The van der Waals surface area contributed by atoms with Crippen molar-refractivity contribution in [1.82, 2.24) is 14.0 Å². The third-order valence-corrected chi connectivity index (χ3v) is 7.49. The average molecular weight is 540 g/mol. The number of nitrogens with zero attached hydrogens (tertiary/aromatic N) is 4. The van der Waals surface area contributed by atoms with E-state index in [1.54, 1.807) is 54.9 Å². The minimum absolute atomic E-state index is 0.0381. The van der Waals surface area contributed by atoms with Gasteiger partial charge in [0.2, 0.25) is 5.78 Å². The molecule has 200 valence electrons. The number of fused-ring (bicyclic) bond motifs is 4. The maximum absolute atomic E-state index is 14.6. The van der Waals surface area contributed by atoms with Gasteiger partial charge in [0.15, 0.2) is 0 Å². The number of carbonyl (C=O) groups excluding carboxylic acids is 1. The molecule has 39 heavy (non-hydrogen) atoms. The fourth-order valence-corrected chi connectivity index (χ4v) is 5.46. The second-order valence-corrected chi connectivity index (χ2v) is 9.78. The number of hydrogen-bond acceptors (Lipinski definition) is 4. The van der Waals surface area contributed by atoms with Crippen LogP contribution in [-0.2, 0) is 19.6 Å². The number of aromatic nitrogens is 3. The molecule has 6 nitrogen and oxygen atoms in total. The molecule has 1 aliphatic rings. The molecular formula is C28H22F5N5O. The molecule has 6 rings (SSSR count). The van der Waals surface area contributed by atoms with Crippen molar-refractivity contribution in [3.63, 3.8) is 0 Å². The van der Waals surface area contributed by atoms with E-state index in [0.717, 1.165) is 18.2 Å². The number of nitrogens with two attached hydrogens (primary N) is 1. The minimum Gasteiger partial charge on any atom is -0.394 e. The van der Waals surface area contributed by atoms with Crippen molar-refractivity contribution < 1.29 is 26.7 Å². The Balaban J connectivity index is 1.69. The van der Waals surface area contributed by atoms with Crippen molar-refractivity contribution in [2.75, 3.05) is 24.2 Å². The molecule has 0 amide bonds. The number of rotatable bonds is 2. The first-order valence-corrected chi connectivity index (χ1v) is 12.1. The number of anilines is 2. The molecule has 3 aromatic heterocycles. The standard InChI is InChI=1S/C28H22F5N5O/c1-13-35-24-20(37(13)3)12-17(28(31,32)33)22-16-5-4-7-38-21(11-14(25(16)38)6-8-36(2)26(22)24)27(39)15-9-18(29)23(34)19(30)10-15/h4-5,7,9-12H,6,8,34H2,1-3H3. The Labute approximate surface area is 219 Å². The third kappa shape index (κ3) is 3.59. The quantitative estimate of drug-likeness (QED) is 0.172. The highest BCUT2D eigenvalue weighted by molar-refractivity contribution is 6.11. The summed E-state index contributed by atoms with van der Waals surface area (Å²) in [5.74, 6) is -2.26. The lowest BCUT2D eigenvalue weighted by atomic mass is 9.92. The molecule has 11 heteroatoms. The van der Waals surface area contributed by atoms with Crippen LogP contribution in [0.15, 0.2) is 42.6 Å². The highest BCUT2D eigenvalue weighted by Gasteiger charge is 2.39. The Bertz CT molecular complexity index is 1830. The Morgan fingerprint density at radius 3 is 2.44 bits per heavy atom. The van der Waals surface area contributed by atoms with Crippen molar-refractivity contribution in [3.8, 4) is 11.1 Å². The van der Waals surface area contributed by atoms with Gasteiger partial charge in [-0.1, -0.05) is 6.07 Å². The van der Waals surface area contributed by atoms with Crippen molar-refractivity contribution in [3.05, 3.63) is 82.4 Å². The second-order valence-electron chi connectivity index (χ2n) is 9.78. The number of pyridine rings is 1. The fraction of sp³-hybridized carbons (Fsp3) is 0.214. The van der Waals surface area contributed by atoms with Gasteiger partial charge in [-0.15, -0.1) is 0 Å². The first-order valence-electron chi connectivity index (χ1n) is 12.1. The van der Waals surface area contributed by atoms with Crippen LogP contribution in [0.4, 0.5) is 33.3 Å². The van der Waals surface area contributed by atoms with Crippen LogP contribution in [0.5, 0.6) is 0 Å². The van der Waals surface area contributed by atoms with Crippen LogP contribution in [0, 0.1) is 18.6 Å². The summed E-state index contributed by atoms with van der Waals surface area (Å²) < 4.78 is 75.3. The Morgan fingerprint density at radius 2 is 1.77 bits per heavy atom. The first-order chi connectivity index (χ1) is 18.4. The molecule has 2 N–H and O–H groups in total. The molecule has 5 aromatic rings. The van der Waals surface area contributed by atoms with E-state index in [1.807, 2.05) is 0 Å². The summed E-state index contributed by atoms with van der Waals surface area (Å²) in [4.78, 5) is 19.8. The van der Waals surface area contributed by atoms with Gasteiger partial charge in [-0.25, -0.2) is 13.8 Å². The zero-order valence-corrected chi connectivity index (χ0v) is 21.1. The van der Waals surface area contributed by atoms with Gasteiger partial charge in [-0.3, -0.25) is 4.79 Å². The van der Waals surface area contributed by atoms with E-state index < -0.39 is 34.8 Å². The van der Waals surface area contributed by atoms with E-state index in [9.17, 15) is 26.7 Å². The lowest BCUT2D eigenvalue weighted by molar-refractivity contribution is -0.137. The van der Waals surface area contributed by atoms with Gasteiger partial charge in [0, 0.05) is 43.5 Å². The van der Waals surface area contributed by atoms with E-state index in [2.05, 4.69) is 4.98 Å². The molecule has 0 radical (unpaired) electrons. The summed E-state index contributed by atoms with van der Waals surface area (Å²) in [6.07, 6.45) is -2.73. The number of ketones is 1. The molecule has 0 aliphatic carbocycles. The van der Waals surface area contributed by atoms with Gasteiger partial charge < -0.3 is 19.6 Å². The van der Waals surface area contributed by atoms with E-state index in [1.165, 1.54) is 4.40 Å². The van der Waals surface area contributed by atoms with Gasteiger partial charge in [0.1, 0.15) is 28.7 Å². The van der Waals surface area contributed by atoms with Crippen LogP contribution in [-0.4, -0.2) is 33.3 Å². The van der Waals surface area contributed by atoms with E-state index in [0.29, 0.717) is 46.6 Å². The van der Waals surface area contributed by atoms with Gasteiger partial charge in [-0.2, -0.15) is 13.2 Å². The lowest BCUT2D eigenvalue weighted by Gasteiger charge is -2.28.